The number of hydrogen-bond acceptors (Lipinski definition) is 2. The van der Waals surface area contributed by atoms with Gasteiger partial charge in [0.2, 0.25) is 5.91 Å². The van der Waals surface area contributed by atoms with Crippen LogP contribution in [0.15, 0.2) is 30.9 Å². The zero-order valence-electron chi connectivity index (χ0n) is 10.5. The lowest BCUT2D eigenvalue weighted by atomic mass is 9.80. The Hall–Kier alpha value is -1.77. The van der Waals surface area contributed by atoms with Crippen LogP contribution in [0.1, 0.15) is 18.9 Å². The molecule has 0 bridgehead atoms. The van der Waals surface area contributed by atoms with Crippen molar-refractivity contribution in [3.05, 3.63) is 36.4 Å². The normalized spacial score (nSPS) is 22.5. The molecule has 90 valence electrons. The van der Waals surface area contributed by atoms with Gasteiger partial charge in [-0.05, 0) is 37.1 Å². The van der Waals surface area contributed by atoms with Gasteiger partial charge in [-0.2, -0.15) is 0 Å². The summed E-state index contributed by atoms with van der Waals surface area (Å²) in [6.07, 6.45) is 2.43. The maximum Gasteiger partial charge on any atom is 0.237 e. The van der Waals surface area contributed by atoms with E-state index in [0.717, 1.165) is 17.0 Å². The summed E-state index contributed by atoms with van der Waals surface area (Å²) in [5.74, 6) is 0.891. The van der Waals surface area contributed by atoms with Crippen LogP contribution in [0.5, 0.6) is 5.75 Å². The highest BCUT2D eigenvalue weighted by Gasteiger charge is 2.45. The maximum absolute atomic E-state index is 12.3. The van der Waals surface area contributed by atoms with Crippen molar-refractivity contribution in [3.63, 3.8) is 0 Å². The number of carbonyl (C=O) groups is 1. The summed E-state index contributed by atoms with van der Waals surface area (Å²) in [7, 11) is 3.44. The van der Waals surface area contributed by atoms with Crippen LogP contribution in [-0.4, -0.2) is 20.1 Å². The molecule has 0 spiro atoms. The van der Waals surface area contributed by atoms with Crippen LogP contribution in [0.2, 0.25) is 0 Å². The summed E-state index contributed by atoms with van der Waals surface area (Å²) in [5.41, 5.74) is 1.46. The van der Waals surface area contributed by atoms with Crippen LogP contribution in [0.3, 0.4) is 0 Å². The standard InChI is InChI=1S/C14H17NO2/c1-5-8-14(2)11-9-10(17-4)6-7-12(11)15(3)13(14)16/h5-7,9H,1,8H2,2-4H3. The third kappa shape index (κ3) is 1.54. The zero-order chi connectivity index (χ0) is 12.6. The quantitative estimate of drug-likeness (QED) is 0.748. The largest absolute Gasteiger partial charge is 0.497 e. The van der Waals surface area contributed by atoms with E-state index >= 15 is 0 Å². The van der Waals surface area contributed by atoms with Crippen molar-refractivity contribution in [2.45, 2.75) is 18.8 Å². The van der Waals surface area contributed by atoms with Crippen molar-refractivity contribution < 1.29 is 9.53 Å². The second kappa shape index (κ2) is 3.91. The molecule has 3 heteroatoms. The SMILES string of the molecule is C=CCC1(C)C(=O)N(C)c2ccc(OC)cc21. The van der Waals surface area contributed by atoms with E-state index < -0.39 is 5.41 Å². The molecular weight excluding hydrogens is 214 g/mol. The average molecular weight is 231 g/mol. The summed E-state index contributed by atoms with van der Waals surface area (Å²) in [5, 5.41) is 0. The van der Waals surface area contributed by atoms with Crippen molar-refractivity contribution in [2.75, 3.05) is 19.1 Å². The van der Waals surface area contributed by atoms with Crippen LogP contribution in [0.25, 0.3) is 0 Å². The fraction of sp³-hybridized carbons (Fsp3) is 0.357. The number of benzene rings is 1. The van der Waals surface area contributed by atoms with Crippen molar-refractivity contribution >= 4 is 11.6 Å². The Labute approximate surface area is 102 Å². The highest BCUT2D eigenvalue weighted by molar-refractivity contribution is 6.07. The van der Waals surface area contributed by atoms with E-state index in [1.165, 1.54) is 0 Å². The molecule has 3 nitrogen and oxygen atoms in total. The van der Waals surface area contributed by atoms with Crippen molar-refractivity contribution in [1.29, 1.82) is 0 Å². The van der Waals surface area contributed by atoms with Gasteiger partial charge >= 0.3 is 0 Å². The molecule has 1 aromatic rings. The van der Waals surface area contributed by atoms with Crippen LogP contribution >= 0.6 is 0 Å². The molecular formula is C14H17NO2. The Morgan fingerprint density at radius 1 is 1.53 bits per heavy atom. The number of likely N-dealkylation sites (N-methyl/N-ethyl adjacent to an activating group) is 1. The summed E-state index contributed by atoms with van der Waals surface area (Å²) < 4.78 is 5.23. The van der Waals surface area contributed by atoms with E-state index in [9.17, 15) is 4.79 Å². The first-order valence-corrected chi connectivity index (χ1v) is 5.62. The summed E-state index contributed by atoms with van der Waals surface area (Å²) in [4.78, 5) is 14.0. The monoisotopic (exact) mass is 231 g/mol. The predicted molar refractivity (Wildman–Crippen MR) is 68.6 cm³/mol. The number of amides is 1. The molecule has 0 saturated carbocycles. The first kappa shape index (κ1) is 11.7. The highest BCUT2D eigenvalue weighted by Crippen LogP contribution is 2.44. The van der Waals surface area contributed by atoms with E-state index in [-0.39, 0.29) is 5.91 Å². The summed E-state index contributed by atoms with van der Waals surface area (Å²) in [6, 6.07) is 5.75. The molecule has 1 aliphatic heterocycles. The highest BCUT2D eigenvalue weighted by atomic mass is 16.5. The number of nitrogens with zero attached hydrogens (tertiary/aromatic N) is 1. The molecule has 0 aromatic heterocycles. The van der Waals surface area contributed by atoms with Crippen LogP contribution in [0, 0.1) is 0 Å². The number of anilines is 1. The smallest absolute Gasteiger partial charge is 0.237 e. The third-order valence-electron chi connectivity index (χ3n) is 3.49. The summed E-state index contributed by atoms with van der Waals surface area (Å²) in [6.45, 7) is 5.70. The number of fused-ring (bicyclic) bond motifs is 1. The number of rotatable bonds is 3. The molecule has 1 amide bonds. The van der Waals surface area contributed by atoms with Gasteiger partial charge in [-0.25, -0.2) is 0 Å². The molecule has 0 fully saturated rings. The average Bonchev–Trinajstić information content (AvgIpc) is 2.52. The van der Waals surface area contributed by atoms with Crippen LogP contribution in [-0.2, 0) is 10.2 Å². The van der Waals surface area contributed by atoms with Gasteiger partial charge in [0.15, 0.2) is 0 Å². The van der Waals surface area contributed by atoms with Crippen molar-refractivity contribution in [1.82, 2.24) is 0 Å². The number of allylic oxidation sites excluding steroid dienone is 1. The zero-order valence-corrected chi connectivity index (χ0v) is 10.5. The van der Waals surface area contributed by atoms with Gasteiger partial charge in [0.05, 0.1) is 12.5 Å². The summed E-state index contributed by atoms with van der Waals surface area (Å²) >= 11 is 0. The lowest BCUT2D eigenvalue weighted by Gasteiger charge is -2.21. The molecule has 1 atom stereocenters. The number of carbonyl (C=O) groups excluding carboxylic acids is 1. The van der Waals surface area contributed by atoms with Gasteiger partial charge in [0, 0.05) is 12.7 Å². The molecule has 0 radical (unpaired) electrons. The third-order valence-corrected chi connectivity index (χ3v) is 3.49. The molecule has 0 N–H and O–H groups in total. The van der Waals surface area contributed by atoms with Crippen LogP contribution in [0.4, 0.5) is 5.69 Å². The molecule has 0 saturated heterocycles. The Balaban J connectivity index is 2.60. The second-order valence-electron chi connectivity index (χ2n) is 4.57. The Bertz CT molecular complexity index is 481. The van der Waals surface area contributed by atoms with Crippen molar-refractivity contribution in [3.8, 4) is 5.75 Å². The first-order chi connectivity index (χ1) is 8.04. The number of methoxy groups -OCH3 is 1. The molecule has 1 unspecified atom stereocenters. The lowest BCUT2D eigenvalue weighted by molar-refractivity contribution is -0.122. The van der Waals surface area contributed by atoms with E-state index in [1.54, 1.807) is 18.1 Å². The molecule has 1 aliphatic rings. The minimum atomic E-state index is -0.514. The van der Waals surface area contributed by atoms with Gasteiger partial charge in [0.25, 0.3) is 0 Å². The number of hydrogen-bond donors (Lipinski definition) is 0. The van der Waals surface area contributed by atoms with Gasteiger partial charge in [-0.3, -0.25) is 4.79 Å². The van der Waals surface area contributed by atoms with Gasteiger partial charge in [-0.1, -0.05) is 6.08 Å². The van der Waals surface area contributed by atoms with E-state index in [0.29, 0.717) is 6.42 Å². The van der Waals surface area contributed by atoms with E-state index in [1.807, 2.05) is 32.2 Å². The molecule has 2 rings (SSSR count). The maximum atomic E-state index is 12.3. The fourth-order valence-electron chi connectivity index (χ4n) is 2.46. The Morgan fingerprint density at radius 2 is 2.24 bits per heavy atom. The fourth-order valence-corrected chi connectivity index (χ4v) is 2.46. The first-order valence-electron chi connectivity index (χ1n) is 5.62. The van der Waals surface area contributed by atoms with E-state index in [4.69, 9.17) is 4.74 Å². The lowest BCUT2D eigenvalue weighted by Crippen LogP contribution is -2.35. The molecule has 1 aromatic carbocycles. The molecule has 17 heavy (non-hydrogen) atoms. The van der Waals surface area contributed by atoms with E-state index in [2.05, 4.69) is 6.58 Å². The topological polar surface area (TPSA) is 29.5 Å². The number of ether oxygens (including phenoxy) is 1. The minimum absolute atomic E-state index is 0.112. The Kier molecular flexibility index (Phi) is 2.69. The van der Waals surface area contributed by atoms with Gasteiger partial charge in [-0.15, -0.1) is 6.58 Å². The molecule has 0 aliphatic carbocycles. The van der Waals surface area contributed by atoms with Gasteiger partial charge < -0.3 is 9.64 Å². The van der Waals surface area contributed by atoms with Crippen LogP contribution < -0.4 is 9.64 Å². The predicted octanol–water partition coefficient (Wildman–Crippen LogP) is 2.51. The minimum Gasteiger partial charge on any atom is -0.497 e. The molecule has 1 heterocycles. The second-order valence-corrected chi connectivity index (χ2v) is 4.57. The Morgan fingerprint density at radius 3 is 2.82 bits per heavy atom. The van der Waals surface area contributed by atoms with Crippen molar-refractivity contribution in [2.24, 2.45) is 0 Å². The van der Waals surface area contributed by atoms with Gasteiger partial charge in [0.1, 0.15) is 5.75 Å².